The minimum Gasteiger partial charge on any atom is -0.497 e. The molecule has 1 aliphatic rings. The van der Waals surface area contributed by atoms with Crippen molar-refractivity contribution < 1.29 is 19.0 Å². The molecule has 0 saturated carbocycles. The van der Waals surface area contributed by atoms with Gasteiger partial charge in [0.15, 0.2) is 6.61 Å². The van der Waals surface area contributed by atoms with E-state index in [1.807, 2.05) is 63.2 Å². The molecule has 26 heavy (non-hydrogen) atoms. The monoisotopic (exact) mass is 355 g/mol. The van der Waals surface area contributed by atoms with Gasteiger partial charge in [0.05, 0.1) is 13.2 Å². The van der Waals surface area contributed by atoms with Crippen LogP contribution in [0, 0.1) is 6.92 Å². The molecule has 3 rings (SSSR count). The summed E-state index contributed by atoms with van der Waals surface area (Å²) in [6, 6.07) is 13.2. The minimum absolute atomic E-state index is 0.0197. The second kappa shape index (κ2) is 7.28. The van der Waals surface area contributed by atoms with Gasteiger partial charge in [-0.2, -0.15) is 0 Å². The number of hydrogen-bond acceptors (Lipinski definition) is 4. The highest BCUT2D eigenvalue weighted by Crippen LogP contribution is 2.41. The standard InChI is InChI=1S/C21H25NO4/c1-14-7-5-6-8-18(14)25-13-20(23)22-17-12-21(2,3)26-19-11-15(24-4)9-10-16(17)19/h5-11,17H,12-13H2,1-4H3,(H,22,23). The van der Waals surface area contributed by atoms with Gasteiger partial charge in [-0.3, -0.25) is 4.79 Å². The number of amides is 1. The first kappa shape index (κ1) is 18.1. The molecule has 1 unspecified atom stereocenters. The molecule has 0 saturated heterocycles. The van der Waals surface area contributed by atoms with Crippen molar-refractivity contribution in [2.24, 2.45) is 0 Å². The number of aryl methyl sites for hydroxylation is 1. The first-order valence-corrected chi connectivity index (χ1v) is 8.73. The maximum atomic E-state index is 12.4. The van der Waals surface area contributed by atoms with Gasteiger partial charge in [-0.1, -0.05) is 18.2 Å². The summed E-state index contributed by atoms with van der Waals surface area (Å²) in [5.41, 5.74) is 1.58. The predicted octanol–water partition coefficient (Wildman–Crippen LogP) is 3.80. The summed E-state index contributed by atoms with van der Waals surface area (Å²) in [6.07, 6.45) is 0.683. The highest BCUT2D eigenvalue weighted by atomic mass is 16.5. The molecule has 0 aliphatic carbocycles. The van der Waals surface area contributed by atoms with E-state index in [-0.39, 0.29) is 24.2 Å². The Morgan fingerprint density at radius 3 is 2.77 bits per heavy atom. The first-order chi connectivity index (χ1) is 12.4. The lowest BCUT2D eigenvalue weighted by Gasteiger charge is -2.38. The zero-order valence-electron chi connectivity index (χ0n) is 15.7. The summed E-state index contributed by atoms with van der Waals surface area (Å²) in [4.78, 5) is 12.4. The lowest BCUT2D eigenvalue weighted by molar-refractivity contribution is -0.124. The Labute approximate surface area is 154 Å². The molecule has 1 N–H and O–H groups in total. The number of ether oxygens (including phenoxy) is 3. The number of hydrogen-bond donors (Lipinski definition) is 1. The Morgan fingerprint density at radius 2 is 2.04 bits per heavy atom. The summed E-state index contributed by atoms with van der Waals surface area (Å²) in [6.45, 7) is 5.96. The molecule has 0 aromatic heterocycles. The van der Waals surface area contributed by atoms with Gasteiger partial charge in [0.1, 0.15) is 22.8 Å². The lowest BCUT2D eigenvalue weighted by Crippen LogP contribution is -2.42. The van der Waals surface area contributed by atoms with Gasteiger partial charge in [0.2, 0.25) is 0 Å². The van der Waals surface area contributed by atoms with Crippen LogP contribution in [-0.4, -0.2) is 25.2 Å². The van der Waals surface area contributed by atoms with Crippen LogP contribution in [-0.2, 0) is 4.79 Å². The smallest absolute Gasteiger partial charge is 0.258 e. The quantitative estimate of drug-likeness (QED) is 0.886. The Hall–Kier alpha value is -2.69. The van der Waals surface area contributed by atoms with E-state index in [9.17, 15) is 4.79 Å². The van der Waals surface area contributed by atoms with Gasteiger partial charge in [0.25, 0.3) is 5.91 Å². The van der Waals surface area contributed by atoms with Crippen LogP contribution in [0.1, 0.15) is 37.4 Å². The van der Waals surface area contributed by atoms with Crippen LogP contribution in [0.2, 0.25) is 0 Å². The molecule has 0 spiro atoms. The molecule has 2 aromatic rings. The van der Waals surface area contributed by atoms with Crippen molar-refractivity contribution in [3.8, 4) is 17.2 Å². The predicted molar refractivity (Wildman–Crippen MR) is 99.9 cm³/mol. The van der Waals surface area contributed by atoms with Crippen molar-refractivity contribution in [1.82, 2.24) is 5.32 Å². The van der Waals surface area contributed by atoms with Crippen molar-refractivity contribution in [3.63, 3.8) is 0 Å². The van der Waals surface area contributed by atoms with Crippen molar-refractivity contribution in [2.75, 3.05) is 13.7 Å². The van der Waals surface area contributed by atoms with Crippen LogP contribution in [0.15, 0.2) is 42.5 Å². The molecule has 2 aromatic carbocycles. The normalized spacial score (nSPS) is 17.6. The average Bonchev–Trinajstić information content (AvgIpc) is 2.59. The highest BCUT2D eigenvalue weighted by Gasteiger charge is 2.34. The number of fused-ring (bicyclic) bond motifs is 1. The summed E-state index contributed by atoms with van der Waals surface area (Å²) in [5, 5.41) is 3.07. The average molecular weight is 355 g/mol. The molecule has 138 valence electrons. The maximum Gasteiger partial charge on any atom is 0.258 e. The third-order valence-corrected chi connectivity index (χ3v) is 4.47. The minimum atomic E-state index is -0.381. The van der Waals surface area contributed by atoms with E-state index in [2.05, 4.69) is 5.32 Å². The van der Waals surface area contributed by atoms with Crippen molar-refractivity contribution in [2.45, 2.75) is 38.8 Å². The number of benzene rings is 2. The van der Waals surface area contributed by atoms with Gasteiger partial charge < -0.3 is 19.5 Å². The fourth-order valence-corrected chi connectivity index (χ4v) is 3.19. The zero-order chi connectivity index (χ0) is 18.7. The zero-order valence-corrected chi connectivity index (χ0v) is 15.7. The topological polar surface area (TPSA) is 56.8 Å². The Morgan fingerprint density at radius 1 is 1.27 bits per heavy atom. The molecule has 0 bridgehead atoms. The third kappa shape index (κ3) is 4.10. The van der Waals surface area contributed by atoms with Crippen molar-refractivity contribution in [3.05, 3.63) is 53.6 Å². The van der Waals surface area contributed by atoms with Gasteiger partial charge in [0, 0.05) is 18.1 Å². The number of carbonyl (C=O) groups excluding carboxylic acids is 1. The van der Waals surface area contributed by atoms with E-state index in [1.165, 1.54) is 0 Å². The number of nitrogens with one attached hydrogen (secondary N) is 1. The van der Waals surface area contributed by atoms with Crippen LogP contribution in [0.25, 0.3) is 0 Å². The molecule has 5 heteroatoms. The molecule has 1 aliphatic heterocycles. The molecule has 1 heterocycles. The SMILES string of the molecule is COc1ccc2c(c1)OC(C)(C)CC2NC(=O)COc1ccccc1C. The van der Waals surface area contributed by atoms with Gasteiger partial charge in [-0.25, -0.2) is 0 Å². The van der Waals surface area contributed by atoms with Crippen molar-refractivity contribution >= 4 is 5.91 Å². The van der Waals surface area contributed by atoms with Crippen LogP contribution < -0.4 is 19.5 Å². The molecular formula is C21H25NO4. The van der Waals surface area contributed by atoms with Crippen LogP contribution in [0.5, 0.6) is 17.2 Å². The largest absolute Gasteiger partial charge is 0.497 e. The number of carbonyl (C=O) groups is 1. The second-order valence-corrected chi connectivity index (χ2v) is 7.14. The lowest BCUT2D eigenvalue weighted by atomic mass is 9.89. The molecule has 0 radical (unpaired) electrons. The van der Waals surface area contributed by atoms with Crippen molar-refractivity contribution in [1.29, 1.82) is 0 Å². The highest BCUT2D eigenvalue weighted by molar-refractivity contribution is 5.78. The molecule has 0 fully saturated rings. The van der Waals surface area contributed by atoms with Gasteiger partial charge >= 0.3 is 0 Å². The number of methoxy groups -OCH3 is 1. The van der Waals surface area contributed by atoms with E-state index in [4.69, 9.17) is 14.2 Å². The fourth-order valence-electron chi connectivity index (χ4n) is 3.19. The van der Waals surface area contributed by atoms with Crippen LogP contribution in [0.3, 0.4) is 0 Å². The Kier molecular flexibility index (Phi) is 5.07. The maximum absolute atomic E-state index is 12.4. The van der Waals surface area contributed by atoms with Crippen LogP contribution >= 0.6 is 0 Å². The summed E-state index contributed by atoms with van der Waals surface area (Å²) in [7, 11) is 1.62. The second-order valence-electron chi connectivity index (χ2n) is 7.14. The van der Waals surface area contributed by atoms with E-state index < -0.39 is 0 Å². The molecule has 1 atom stereocenters. The number of rotatable bonds is 5. The van der Waals surface area contributed by atoms with E-state index in [0.29, 0.717) is 6.42 Å². The Bertz CT molecular complexity index is 800. The summed E-state index contributed by atoms with van der Waals surface area (Å²) in [5.74, 6) is 2.04. The Balaban J connectivity index is 1.71. The number of para-hydroxylation sites is 1. The van der Waals surface area contributed by atoms with Crippen LogP contribution in [0.4, 0.5) is 0 Å². The van der Waals surface area contributed by atoms with E-state index in [1.54, 1.807) is 7.11 Å². The molecule has 5 nitrogen and oxygen atoms in total. The van der Waals surface area contributed by atoms with E-state index >= 15 is 0 Å². The van der Waals surface area contributed by atoms with E-state index in [0.717, 1.165) is 28.4 Å². The fraction of sp³-hybridized carbons (Fsp3) is 0.381. The summed E-state index contributed by atoms with van der Waals surface area (Å²) < 4.78 is 17.0. The summed E-state index contributed by atoms with van der Waals surface area (Å²) >= 11 is 0. The van der Waals surface area contributed by atoms with Gasteiger partial charge in [-0.15, -0.1) is 0 Å². The third-order valence-electron chi connectivity index (χ3n) is 4.47. The van der Waals surface area contributed by atoms with Gasteiger partial charge in [-0.05, 0) is 44.5 Å². The molecular weight excluding hydrogens is 330 g/mol. The first-order valence-electron chi connectivity index (χ1n) is 8.73. The molecule has 1 amide bonds.